The second-order valence-electron chi connectivity index (χ2n) is 10.00. The van der Waals surface area contributed by atoms with Crippen molar-refractivity contribution in [1.29, 1.82) is 0 Å². The van der Waals surface area contributed by atoms with Crippen LogP contribution in [0.4, 0.5) is 11.6 Å². The van der Waals surface area contributed by atoms with Gasteiger partial charge < -0.3 is 25.6 Å². The molecule has 37 heavy (non-hydrogen) atoms. The number of hydrogen-bond donors (Lipinski definition) is 3. The molecule has 1 amide bonds. The fraction of sp³-hybridized carbons (Fsp3) is 0.429. The van der Waals surface area contributed by atoms with Crippen molar-refractivity contribution in [2.24, 2.45) is 0 Å². The molecule has 9 nitrogen and oxygen atoms in total. The van der Waals surface area contributed by atoms with E-state index >= 15 is 0 Å². The monoisotopic (exact) mass is 502 g/mol. The van der Waals surface area contributed by atoms with Gasteiger partial charge in [0.2, 0.25) is 5.95 Å². The summed E-state index contributed by atoms with van der Waals surface area (Å²) in [6.07, 6.45) is 6.41. The lowest BCUT2D eigenvalue weighted by atomic mass is 10.0. The number of aryl methyl sites for hydroxylation is 1. The predicted octanol–water partition coefficient (Wildman–Crippen LogP) is 3.45. The topological polar surface area (TPSA) is 108 Å². The van der Waals surface area contributed by atoms with Crippen molar-refractivity contribution in [3.63, 3.8) is 0 Å². The molecule has 2 aliphatic heterocycles. The number of carbonyl (C=O) groups excluding carboxylic acids is 2. The molecule has 2 saturated heterocycles. The van der Waals surface area contributed by atoms with E-state index in [2.05, 4.69) is 32.9 Å². The quantitative estimate of drug-likeness (QED) is 0.422. The molecule has 5 rings (SSSR count). The van der Waals surface area contributed by atoms with Crippen LogP contribution in [0.25, 0.3) is 10.9 Å². The first kappa shape index (κ1) is 25.1. The SMILES string of the molecule is Cc1ccc(OC2CCNCC2)c2nc(Nc3ccc(C(=O)NC4CCN(C)CC4)cc3C=O)ncc12. The molecule has 3 heterocycles. The fourth-order valence-corrected chi connectivity index (χ4v) is 4.93. The van der Waals surface area contributed by atoms with Gasteiger partial charge in [-0.3, -0.25) is 9.59 Å². The average molecular weight is 503 g/mol. The largest absolute Gasteiger partial charge is 0.488 e. The molecule has 0 bridgehead atoms. The molecule has 0 spiro atoms. The van der Waals surface area contributed by atoms with Crippen molar-refractivity contribution < 1.29 is 14.3 Å². The molecule has 0 unspecified atom stereocenters. The van der Waals surface area contributed by atoms with Gasteiger partial charge in [-0.1, -0.05) is 6.07 Å². The number of hydrogen-bond acceptors (Lipinski definition) is 8. The summed E-state index contributed by atoms with van der Waals surface area (Å²) in [5, 5.41) is 10.5. The maximum Gasteiger partial charge on any atom is 0.251 e. The first-order valence-corrected chi connectivity index (χ1v) is 13.0. The Balaban J connectivity index is 1.35. The Bertz CT molecular complexity index is 1280. The van der Waals surface area contributed by atoms with Crippen LogP contribution >= 0.6 is 0 Å². The van der Waals surface area contributed by atoms with Crippen molar-refractivity contribution in [2.75, 3.05) is 38.5 Å². The summed E-state index contributed by atoms with van der Waals surface area (Å²) in [6.45, 7) is 5.83. The van der Waals surface area contributed by atoms with Gasteiger partial charge in [0, 0.05) is 28.8 Å². The zero-order valence-corrected chi connectivity index (χ0v) is 21.4. The molecule has 1 aromatic heterocycles. The number of amides is 1. The summed E-state index contributed by atoms with van der Waals surface area (Å²) >= 11 is 0. The molecule has 2 aliphatic rings. The van der Waals surface area contributed by atoms with Gasteiger partial charge in [0.05, 0.1) is 5.69 Å². The molecule has 194 valence electrons. The number of fused-ring (bicyclic) bond motifs is 1. The smallest absolute Gasteiger partial charge is 0.251 e. The van der Waals surface area contributed by atoms with E-state index in [0.717, 1.165) is 80.4 Å². The lowest BCUT2D eigenvalue weighted by Crippen LogP contribution is -2.43. The molecule has 0 saturated carbocycles. The molecule has 0 radical (unpaired) electrons. The van der Waals surface area contributed by atoms with Crippen molar-refractivity contribution in [1.82, 2.24) is 25.5 Å². The number of aromatic nitrogens is 2. The van der Waals surface area contributed by atoms with Crippen molar-refractivity contribution >= 4 is 34.7 Å². The number of nitrogens with zero attached hydrogens (tertiary/aromatic N) is 3. The summed E-state index contributed by atoms with van der Waals surface area (Å²) < 4.78 is 6.32. The van der Waals surface area contributed by atoms with Crippen LogP contribution in [-0.4, -0.2) is 72.4 Å². The minimum atomic E-state index is -0.165. The van der Waals surface area contributed by atoms with Gasteiger partial charge in [0.1, 0.15) is 17.4 Å². The number of benzene rings is 2. The van der Waals surface area contributed by atoms with Crippen molar-refractivity contribution in [3.8, 4) is 5.75 Å². The molecule has 3 N–H and O–H groups in total. The molecular formula is C28H34N6O3. The van der Waals surface area contributed by atoms with Gasteiger partial charge in [-0.25, -0.2) is 9.97 Å². The van der Waals surface area contributed by atoms with E-state index in [1.807, 2.05) is 19.1 Å². The predicted molar refractivity (Wildman–Crippen MR) is 144 cm³/mol. The van der Waals surface area contributed by atoms with Crippen LogP contribution in [0.2, 0.25) is 0 Å². The Kier molecular flexibility index (Phi) is 7.62. The third-order valence-corrected chi connectivity index (χ3v) is 7.25. The third-order valence-electron chi connectivity index (χ3n) is 7.25. The number of nitrogens with one attached hydrogen (secondary N) is 3. The van der Waals surface area contributed by atoms with Gasteiger partial charge in [-0.2, -0.15) is 0 Å². The van der Waals surface area contributed by atoms with Crippen LogP contribution in [0.15, 0.2) is 36.5 Å². The maximum absolute atomic E-state index is 12.8. The average Bonchev–Trinajstić information content (AvgIpc) is 2.92. The highest BCUT2D eigenvalue weighted by Gasteiger charge is 2.20. The second kappa shape index (κ2) is 11.2. The van der Waals surface area contributed by atoms with E-state index in [0.29, 0.717) is 22.8 Å². The normalized spacial score (nSPS) is 17.5. The van der Waals surface area contributed by atoms with Crippen LogP contribution in [0.5, 0.6) is 5.75 Å². The van der Waals surface area contributed by atoms with Crippen LogP contribution in [0.3, 0.4) is 0 Å². The zero-order valence-electron chi connectivity index (χ0n) is 21.4. The molecular weight excluding hydrogens is 468 g/mol. The number of likely N-dealkylation sites (tertiary alicyclic amines) is 1. The lowest BCUT2D eigenvalue weighted by Gasteiger charge is -2.29. The maximum atomic E-state index is 12.8. The highest BCUT2D eigenvalue weighted by Crippen LogP contribution is 2.30. The van der Waals surface area contributed by atoms with Crippen LogP contribution in [-0.2, 0) is 0 Å². The Morgan fingerprint density at radius 2 is 1.92 bits per heavy atom. The fourth-order valence-electron chi connectivity index (χ4n) is 4.93. The van der Waals surface area contributed by atoms with Gasteiger partial charge in [0.25, 0.3) is 5.91 Å². The first-order chi connectivity index (χ1) is 18.0. The molecule has 3 aromatic rings. The first-order valence-electron chi connectivity index (χ1n) is 13.0. The molecule has 0 atom stereocenters. The number of carbonyl (C=O) groups is 2. The number of ether oxygens (including phenoxy) is 1. The number of aldehydes is 1. The van der Waals surface area contributed by atoms with E-state index in [9.17, 15) is 9.59 Å². The zero-order chi connectivity index (χ0) is 25.8. The van der Waals surface area contributed by atoms with E-state index in [4.69, 9.17) is 9.72 Å². The summed E-state index contributed by atoms with van der Waals surface area (Å²) in [7, 11) is 2.09. The van der Waals surface area contributed by atoms with E-state index < -0.39 is 0 Å². The Hall–Kier alpha value is -3.56. The summed E-state index contributed by atoms with van der Waals surface area (Å²) in [6, 6.07) is 9.19. The molecule has 2 aromatic carbocycles. The Morgan fingerprint density at radius 3 is 2.68 bits per heavy atom. The Labute approximate surface area is 217 Å². The van der Waals surface area contributed by atoms with E-state index in [1.54, 1.807) is 24.4 Å². The third kappa shape index (κ3) is 5.89. The van der Waals surface area contributed by atoms with Crippen LogP contribution in [0.1, 0.15) is 52.0 Å². The van der Waals surface area contributed by atoms with Crippen LogP contribution in [0, 0.1) is 6.92 Å². The lowest BCUT2D eigenvalue weighted by molar-refractivity contribution is 0.0917. The van der Waals surface area contributed by atoms with E-state index in [-0.39, 0.29) is 18.1 Å². The minimum absolute atomic E-state index is 0.147. The Morgan fingerprint density at radius 1 is 1.14 bits per heavy atom. The minimum Gasteiger partial charge on any atom is -0.488 e. The van der Waals surface area contributed by atoms with E-state index in [1.165, 1.54) is 0 Å². The summed E-state index contributed by atoms with van der Waals surface area (Å²) in [5.41, 5.74) is 3.17. The van der Waals surface area contributed by atoms with Crippen molar-refractivity contribution in [3.05, 3.63) is 53.2 Å². The number of anilines is 2. The highest BCUT2D eigenvalue weighted by atomic mass is 16.5. The van der Waals surface area contributed by atoms with Gasteiger partial charge in [0.15, 0.2) is 6.29 Å². The van der Waals surface area contributed by atoms with Gasteiger partial charge in [-0.15, -0.1) is 0 Å². The van der Waals surface area contributed by atoms with Crippen LogP contribution < -0.4 is 20.7 Å². The second-order valence-corrected chi connectivity index (χ2v) is 10.00. The van der Waals surface area contributed by atoms with Crippen molar-refractivity contribution in [2.45, 2.75) is 44.8 Å². The standard InChI is InChI=1S/C28H34N6O3/c1-18-3-6-25(37-22-7-11-29-12-8-22)26-23(18)16-30-28(33-26)32-24-5-4-19(15-20(24)17-35)27(36)31-21-9-13-34(2)14-10-21/h3-6,15-17,21-22,29H,7-14H2,1-2H3,(H,31,36)(H,30,32,33). The molecule has 2 fully saturated rings. The summed E-state index contributed by atoms with van der Waals surface area (Å²) in [5.74, 6) is 0.927. The highest BCUT2D eigenvalue weighted by molar-refractivity contribution is 5.98. The molecule has 0 aliphatic carbocycles. The van der Waals surface area contributed by atoms with Gasteiger partial charge in [-0.05, 0) is 95.7 Å². The summed E-state index contributed by atoms with van der Waals surface area (Å²) in [4.78, 5) is 36.2. The number of rotatable bonds is 7. The van der Waals surface area contributed by atoms with Gasteiger partial charge >= 0.3 is 0 Å². The number of piperidine rings is 2. The molecule has 9 heteroatoms.